The van der Waals surface area contributed by atoms with Crippen LogP contribution in [0.2, 0.25) is 0 Å². The number of nitro groups is 1. The Kier molecular flexibility index (Phi) is 4.86. The van der Waals surface area contributed by atoms with Gasteiger partial charge in [0.15, 0.2) is 0 Å². The Morgan fingerprint density at radius 1 is 1.35 bits per heavy atom. The predicted octanol–water partition coefficient (Wildman–Crippen LogP) is 2.73. The number of hydrogen-bond donors (Lipinski definition) is 2. The van der Waals surface area contributed by atoms with Gasteiger partial charge in [-0.1, -0.05) is 25.3 Å². The van der Waals surface area contributed by atoms with Gasteiger partial charge in [0.25, 0.3) is 0 Å². The van der Waals surface area contributed by atoms with E-state index in [9.17, 15) is 10.1 Å². The molecule has 108 valence electrons. The maximum Gasteiger partial charge on any atom is 0.353 e. The van der Waals surface area contributed by atoms with Crippen LogP contribution in [0.5, 0.6) is 0 Å². The van der Waals surface area contributed by atoms with Crippen LogP contribution in [0.25, 0.3) is 0 Å². The van der Waals surface area contributed by atoms with Gasteiger partial charge in [-0.25, -0.2) is 9.97 Å². The summed E-state index contributed by atoms with van der Waals surface area (Å²) in [6.45, 7) is 3.99. The van der Waals surface area contributed by atoms with Crippen molar-refractivity contribution in [2.45, 2.75) is 38.1 Å². The summed E-state index contributed by atoms with van der Waals surface area (Å²) < 4.78 is 0. The highest BCUT2D eigenvalue weighted by molar-refractivity contribution is 5.69. The second-order valence-corrected chi connectivity index (χ2v) is 4.83. The fourth-order valence-electron chi connectivity index (χ4n) is 2.40. The molecule has 2 rings (SSSR count). The van der Waals surface area contributed by atoms with Crippen LogP contribution < -0.4 is 10.6 Å². The first kappa shape index (κ1) is 14.2. The van der Waals surface area contributed by atoms with Gasteiger partial charge in [0.2, 0.25) is 11.6 Å². The number of nitrogens with one attached hydrogen (secondary N) is 2. The molecule has 1 heterocycles. The van der Waals surface area contributed by atoms with E-state index in [1.807, 2.05) is 0 Å². The van der Waals surface area contributed by atoms with Gasteiger partial charge >= 0.3 is 5.69 Å². The Morgan fingerprint density at radius 3 is 2.70 bits per heavy atom. The average Bonchev–Trinajstić information content (AvgIpc) is 2.46. The van der Waals surface area contributed by atoms with Crippen molar-refractivity contribution in [1.29, 1.82) is 0 Å². The van der Waals surface area contributed by atoms with E-state index in [-0.39, 0.29) is 17.5 Å². The molecule has 7 heteroatoms. The molecule has 0 saturated heterocycles. The molecule has 0 bridgehead atoms. The quantitative estimate of drug-likeness (QED) is 0.472. The van der Waals surface area contributed by atoms with E-state index in [4.69, 9.17) is 0 Å². The van der Waals surface area contributed by atoms with Gasteiger partial charge in [0.05, 0.1) is 4.92 Å². The molecular formula is C13H19N5O2. The number of anilines is 2. The Morgan fingerprint density at radius 2 is 2.05 bits per heavy atom. The van der Waals surface area contributed by atoms with E-state index < -0.39 is 4.92 Å². The van der Waals surface area contributed by atoms with Crippen LogP contribution in [0.4, 0.5) is 17.3 Å². The van der Waals surface area contributed by atoms with Gasteiger partial charge in [-0.2, -0.15) is 0 Å². The van der Waals surface area contributed by atoms with Crippen LogP contribution in [0, 0.1) is 10.1 Å². The minimum atomic E-state index is -0.448. The van der Waals surface area contributed by atoms with Crippen molar-refractivity contribution >= 4 is 17.3 Å². The fourth-order valence-corrected chi connectivity index (χ4v) is 2.40. The number of nitrogens with zero attached hydrogens (tertiary/aromatic N) is 3. The van der Waals surface area contributed by atoms with Crippen molar-refractivity contribution in [2.24, 2.45) is 0 Å². The van der Waals surface area contributed by atoms with Crippen molar-refractivity contribution in [3.63, 3.8) is 0 Å². The molecule has 0 atom stereocenters. The highest BCUT2D eigenvalue weighted by Crippen LogP contribution is 2.31. The maximum absolute atomic E-state index is 11.3. The summed E-state index contributed by atoms with van der Waals surface area (Å²) in [5.41, 5.74) is -0.0973. The molecule has 20 heavy (non-hydrogen) atoms. The van der Waals surface area contributed by atoms with E-state index in [2.05, 4.69) is 27.2 Å². The molecule has 2 N–H and O–H groups in total. The van der Waals surface area contributed by atoms with E-state index in [1.165, 1.54) is 12.7 Å². The maximum atomic E-state index is 11.3. The summed E-state index contributed by atoms with van der Waals surface area (Å²) in [6, 6.07) is 0.254. The zero-order valence-electron chi connectivity index (χ0n) is 11.3. The molecule has 1 aliphatic rings. The normalized spacial score (nSPS) is 15.6. The molecule has 0 radical (unpaired) electrons. The lowest BCUT2D eigenvalue weighted by atomic mass is 9.95. The van der Waals surface area contributed by atoms with Crippen molar-refractivity contribution < 1.29 is 4.92 Å². The summed E-state index contributed by atoms with van der Waals surface area (Å²) in [5.74, 6) is 0.520. The molecule has 0 amide bonds. The highest BCUT2D eigenvalue weighted by atomic mass is 16.6. The van der Waals surface area contributed by atoms with Crippen LogP contribution >= 0.6 is 0 Å². The van der Waals surface area contributed by atoms with Crippen LogP contribution in [0.3, 0.4) is 0 Å². The third-order valence-electron chi connectivity index (χ3n) is 3.36. The summed E-state index contributed by atoms with van der Waals surface area (Å²) in [6.07, 6.45) is 8.54. The highest BCUT2D eigenvalue weighted by Gasteiger charge is 2.25. The predicted molar refractivity (Wildman–Crippen MR) is 77.9 cm³/mol. The number of hydrogen-bond acceptors (Lipinski definition) is 6. The van der Waals surface area contributed by atoms with Gasteiger partial charge in [0, 0.05) is 12.6 Å². The minimum absolute atomic E-state index is 0.0973. The van der Waals surface area contributed by atoms with Crippen molar-refractivity contribution in [3.05, 3.63) is 29.1 Å². The van der Waals surface area contributed by atoms with Crippen LogP contribution in [0.15, 0.2) is 19.0 Å². The topological polar surface area (TPSA) is 93.0 Å². The van der Waals surface area contributed by atoms with Gasteiger partial charge in [-0.15, -0.1) is 6.58 Å². The molecule has 0 unspecified atom stereocenters. The third kappa shape index (κ3) is 3.43. The second-order valence-electron chi connectivity index (χ2n) is 4.83. The zero-order valence-corrected chi connectivity index (χ0v) is 11.3. The summed E-state index contributed by atoms with van der Waals surface area (Å²) in [7, 11) is 0. The molecule has 1 aromatic heterocycles. The number of rotatable bonds is 6. The largest absolute Gasteiger partial charge is 0.361 e. The van der Waals surface area contributed by atoms with Gasteiger partial charge in [0.1, 0.15) is 6.33 Å². The lowest BCUT2D eigenvalue weighted by Gasteiger charge is -2.23. The first-order chi connectivity index (χ1) is 9.72. The molecule has 1 saturated carbocycles. The van der Waals surface area contributed by atoms with Crippen LogP contribution in [0.1, 0.15) is 32.1 Å². The fraction of sp³-hybridized carbons (Fsp3) is 0.538. The minimum Gasteiger partial charge on any atom is -0.361 e. The zero-order chi connectivity index (χ0) is 14.4. The van der Waals surface area contributed by atoms with Crippen LogP contribution in [-0.4, -0.2) is 27.5 Å². The summed E-state index contributed by atoms with van der Waals surface area (Å²) in [5, 5.41) is 17.3. The Balaban J connectivity index is 2.21. The monoisotopic (exact) mass is 277 g/mol. The lowest BCUT2D eigenvalue weighted by molar-refractivity contribution is -0.383. The molecule has 7 nitrogen and oxygen atoms in total. The molecule has 1 aliphatic carbocycles. The molecule has 0 spiro atoms. The lowest BCUT2D eigenvalue weighted by Crippen LogP contribution is -2.23. The Bertz CT molecular complexity index is 486. The number of aromatic nitrogens is 2. The van der Waals surface area contributed by atoms with Crippen molar-refractivity contribution in [2.75, 3.05) is 17.2 Å². The summed E-state index contributed by atoms with van der Waals surface area (Å²) in [4.78, 5) is 18.8. The SMILES string of the molecule is C=CCNc1ncnc(NC2CCCCC2)c1[N+](=O)[O-]. The van der Waals surface area contributed by atoms with E-state index in [1.54, 1.807) is 6.08 Å². The first-order valence-electron chi connectivity index (χ1n) is 6.83. The molecular weight excluding hydrogens is 258 g/mol. The smallest absolute Gasteiger partial charge is 0.353 e. The molecule has 1 fully saturated rings. The standard InChI is InChI=1S/C13H19N5O2/c1-2-8-14-12-11(18(19)20)13(16-9-15-12)17-10-6-4-3-5-7-10/h2,9-10H,1,3-8H2,(H2,14,15,16,17). The van der Waals surface area contributed by atoms with E-state index >= 15 is 0 Å². The summed E-state index contributed by atoms with van der Waals surface area (Å²) >= 11 is 0. The van der Waals surface area contributed by atoms with Gasteiger partial charge in [-0.05, 0) is 12.8 Å². The van der Waals surface area contributed by atoms with Crippen molar-refractivity contribution in [3.8, 4) is 0 Å². The molecule has 0 aromatic carbocycles. The molecule has 1 aromatic rings. The third-order valence-corrected chi connectivity index (χ3v) is 3.36. The van der Waals surface area contributed by atoms with Crippen molar-refractivity contribution in [1.82, 2.24) is 9.97 Å². The Hall–Kier alpha value is -2.18. The second kappa shape index (κ2) is 6.83. The van der Waals surface area contributed by atoms with Crippen LogP contribution in [-0.2, 0) is 0 Å². The average molecular weight is 277 g/mol. The van der Waals surface area contributed by atoms with Gasteiger partial charge < -0.3 is 10.6 Å². The van der Waals surface area contributed by atoms with Gasteiger partial charge in [-0.3, -0.25) is 10.1 Å². The first-order valence-corrected chi connectivity index (χ1v) is 6.83. The van der Waals surface area contributed by atoms with E-state index in [0.717, 1.165) is 25.7 Å². The molecule has 0 aliphatic heterocycles. The Labute approximate surface area is 117 Å². The van der Waals surface area contributed by atoms with E-state index in [0.29, 0.717) is 12.4 Å².